The number of nitrogens with one attached hydrogen (secondary N) is 4. The van der Waals surface area contributed by atoms with Gasteiger partial charge in [0.05, 0.1) is 7.11 Å². The first-order valence-electron chi connectivity index (χ1n) is 6.45. The second-order valence-corrected chi connectivity index (χ2v) is 4.76. The van der Waals surface area contributed by atoms with Crippen molar-refractivity contribution in [1.82, 2.24) is 16.3 Å². The highest BCUT2D eigenvalue weighted by Gasteiger charge is 2.18. The molecular weight excluding hydrogens is 306 g/mol. The van der Waals surface area contributed by atoms with Crippen LogP contribution in [0, 0.1) is 0 Å². The number of amides is 2. The van der Waals surface area contributed by atoms with Crippen LogP contribution in [0.1, 0.15) is 12.8 Å². The minimum absolute atomic E-state index is 0.207. The number of rotatable bonds is 3. The van der Waals surface area contributed by atoms with Gasteiger partial charge in [0.25, 0.3) is 5.91 Å². The van der Waals surface area contributed by atoms with Gasteiger partial charge in [-0.25, -0.2) is 5.43 Å². The van der Waals surface area contributed by atoms with Crippen molar-refractivity contribution in [3.63, 3.8) is 0 Å². The van der Waals surface area contributed by atoms with E-state index in [9.17, 15) is 9.59 Å². The average molecular weight is 321 g/mol. The summed E-state index contributed by atoms with van der Waals surface area (Å²) in [4.78, 5) is 22.7. The highest BCUT2D eigenvalue weighted by molar-refractivity contribution is 7.80. The Morgan fingerprint density at radius 1 is 1.27 bits per heavy atom. The number of ether oxygens (including phenoxy) is 1. The first-order chi connectivity index (χ1) is 10.6. The zero-order chi connectivity index (χ0) is 15.9. The van der Waals surface area contributed by atoms with Gasteiger partial charge in [0.15, 0.2) is 5.11 Å². The third-order valence-electron chi connectivity index (χ3n) is 2.80. The SMILES string of the molecule is COc1ccc(NC(=S)NNC(=O)C2=NNC(=O)CC2)cc1. The Balaban J connectivity index is 1.79. The molecule has 0 aromatic heterocycles. The minimum atomic E-state index is -0.445. The van der Waals surface area contributed by atoms with E-state index in [1.54, 1.807) is 31.4 Å². The number of hydrogen-bond acceptors (Lipinski definition) is 5. The van der Waals surface area contributed by atoms with Crippen molar-refractivity contribution in [3.8, 4) is 5.75 Å². The molecule has 1 aliphatic rings. The first-order valence-corrected chi connectivity index (χ1v) is 6.86. The second-order valence-electron chi connectivity index (χ2n) is 4.36. The number of carbonyl (C=O) groups excluding carboxylic acids is 2. The van der Waals surface area contributed by atoms with Crippen molar-refractivity contribution in [1.29, 1.82) is 0 Å². The molecule has 1 heterocycles. The van der Waals surface area contributed by atoms with Crippen LogP contribution in [0.2, 0.25) is 0 Å². The molecule has 0 bridgehead atoms. The molecule has 2 amide bonds. The summed E-state index contributed by atoms with van der Waals surface area (Å²) in [7, 11) is 1.58. The van der Waals surface area contributed by atoms with E-state index in [1.165, 1.54) is 0 Å². The predicted molar refractivity (Wildman–Crippen MR) is 85.3 cm³/mol. The average Bonchev–Trinajstić information content (AvgIpc) is 2.54. The molecular formula is C13H15N5O3S. The summed E-state index contributed by atoms with van der Waals surface area (Å²) in [6.07, 6.45) is 0.527. The standard InChI is InChI=1S/C13H15N5O3S/c1-21-9-4-2-8(3-5-9)14-13(22)18-17-12(20)10-6-7-11(19)16-15-10/h2-5H,6-7H2,1H3,(H,16,19)(H,17,20)(H2,14,18,22). The number of hydrazone groups is 1. The molecule has 0 aliphatic carbocycles. The van der Waals surface area contributed by atoms with Crippen molar-refractivity contribution >= 4 is 40.5 Å². The third-order valence-corrected chi connectivity index (χ3v) is 3.01. The normalized spacial score (nSPS) is 13.5. The zero-order valence-electron chi connectivity index (χ0n) is 11.8. The molecule has 0 saturated heterocycles. The van der Waals surface area contributed by atoms with Gasteiger partial charge in [-0.2, -0.15) is 5.10 Å². The number of anilines is 1. The number of methoxy groups -OCH3 is 1. The summed E-state index contributed by atoms with van der Waals surface area (Å²) in [5.74, 6) is 0.0789. The van der Waals surface area contributed by atoms with Gasteiger partial charge in [-0.15, -0.1) is 0 Å². The fourth-order valence-electron chi connectivity index (χ4n) is 1.66. The number of thiocarbonyl (C=S) groups is 1. The summed E-state index contributed by atoms with van der Waals surface area (Å²) in [6.45, 7) is 0. The molecule has 8 nitrogen and oxygen atoms in total. The molecule has 0 unspecified atom stereocenters. The molecule has 1 aromatic carbocycles. The number of hydrazine groups is 1. The molecule has 0 spiro atoms. The maximum Gasteiger partial charge on any atom is 0.285 e. The highest BCUT2D eigenvalue weighted by Crippen LogP contribution is 2.14. The lowest BCUT2D eigenvalue weighted by molar-refractivity contribution is -0.121. The van der Waals surface area contributed by atoms with Gasteiger partial charge in [-0.05, 0) is 36.5 Å². The molecule has 4 N–H and O–H groups in total. The van der Waals surface area contributed by atoms with Crippen LogP contribution in [0.3, 0.4) is 0 Å². The van der Waals surface area contributed by atoms with Crippen LogP contribution in [0.5, 0.6) is 5.75 Å². The summed E-state index contributed by atoms with van der Waals surface area (Å²) >= 11 is 5.06. The Morgan fingerprint density at radius 2 is 2.00 bits per heavy atom. The van der Waals surface area contributed by atoms with E-state index >= 15 is 0 Å². The molecule has 1 aliphatic heterocycles. The molecule has 116 valence electrons. The second kappa shape index (κ2) is 7.36. The van der Waals surface area contributed by atoms with Crippen molar-refractivity contribution in [3.05, 3.63) is 24.3 Å². The fraction of sp³-hybridized carbons (Fsp3) is 0.231. The van der Waals surface area contributed by atoms with E-state index in [0.717, 1.165) is 11.4 Å². The molecule has 0 radical (unpaired) electrons. The first kappa shape index (κ1) is 15.7. The Bertz CT molecular complexity index is 615. The van der Waals surface area contributed by atoms with Gasteiger partial charge in [-0.1, -0.05) is 0 Å². The topological polar surface area (TPSA) is 104 Å². The van der Waals surface area contributed by atoms with Gasteiger partial charge in [0.1, 0.15) is 11.5 Å². The van der Waals surface area contributed by atoms with Crippen molar-refractivity contribution in [2.45, 2.75) is 12.8 Å². The van der Waals surface area contributed by atoms with Crippen molar-refractivity contribution < 1.29 is 14.3 Å². The van der Waals surface area contributed by atoms with Crippen LogP contribution in [-0.2, 0) is 9.59 Å². The smallest absolute Gasteiger partial charge is 0.285 e. The monoisotopic (exact) mass is 321 g/mol. The van der Waals surface area contributed by atoms with Gasteiger partial charge in [0.2, 0.25) is 5.91 Å². The van der Waals surface area contributed by atoms with Gasteiger partial charge < -0.3 is 10.1 Å². The van der Waals surface area contributed by atoms with Crippen LogP contribution in [-0.4, -0.2) is 29.7 Å². The zero-order valence-corrected chi connectivity index (χ0v) is 12.6. The Kier molecular flexibility index (Phi) is 5.26. The minimum Gasteiger partial charge on any atom is -0.497 e. The van der Waals surface area contributed by atoms with Crippen LogP contribution >= 0.6 is 12.2 Å². The summed E-state index contributed by atoms with van der Waals surface area (Å²) < 4.78 is 5.05. The number of benzene rings is 1. The Morgan fingerprint density at radius 3 is 2.59 bits per heavy atom. The Hall–Kier alpha value is -2.68. The number of hydrogen-bond donors (Lipinski definition) is 4. The van der Waals surface area contributed by atoms with Crippen LogP contribution in [0.4, 0.5) is 5.69 Å². The molecule has 0 atom stereocenters. The van der Waals surface area contributed by atoms with E-state index < -0.39 is 5.91 Å². The van der Waals surface area contributed by atoms with Gasteiger partial charge in [0, 0.05) is 18.5 Å². The summed E-state index contributed by atoms with van der Waals surface area (Å²) in [5.41, 5.74) is 8.21. The van der Waals surface area contributed by atoms with E-state index in [0.29, 0.717) is 0 Å². The van der Waals surface area contributed by atoms with Crippen molar-refractivity contribution in [2.24, 2.45) is 5.10 Å². The van der Waals surface area contributed by atoms with Gasteiger partial charge in [-0.3, -0.25) is 20.4 Å². The summed E-state index contributed by atoms with van der Waals surface area (Å²) in [5, 5.41) is 6.80. The van der Waals surface area contributed by atoms with Gasteiger partial charge >= 0.3 is 0 Å². The molecule has 0 fully saturated rings. The fourth-order valence-corrected chi connectivity index (χ4v) is 1.83. The van der Waals surface area contributed by atoms with E-state index in [-0.39, 0.29) is 29.6 Å². The molecule has 9 heteroatoms. The third kappa shape index (κ3) is 4.42. The largest absolute Gasteiger partial charge is 0.497 e. The van der Waals surface area contributed by atoms with Crippen LogP contribution in [0.25, 0.3) is 0 Å². The van der Waals surface area contributed by atoms with Crippen LogP contribution in [0.15, 0.2) is 29.4 Å². The highest BCUT2D eigenvalue weighted by atomic mass is 32.1. The van der Waals surface area contributed by atoms with E-state index in [2.05, 4.69) is 26.7 Å². The lowest BCUT2D eigenvalue weighted by atomic mass is 10.2. The van der Waals surface area contributed by atoms with Crippen molar-refractivity contribution in [2.75, 3.05) is 12.4 Å². The van der Waals surface area contributed by atoms with E-state index in [1.807, 2.05) is 0 Å². The predicted octanol–water partition coefficient (Wildman–Crippen LogP) is 0.279. The number of nitrogens with zero attached hydrogens (tertiary/aromatic N) is 1. The molecule has 2 rings (SSSR count). The molecule has 22 heavy (non-hydrogen) atoms. The molecule has 0 saturated carbocycles. The summed E-state index contributed by atoms with van der Waals surface area (Å²) in [6, 6.07) is 7.14. The lowest BCUT2D eigenvalue weighted by Crippen LogP contribution is -2.47. The van der Waals surface area contributed by atoms with E-state index in [4.69, 9.17) is 17.0 Å². The Labute approximate surface area is 132 Å². The molecule has 1 aromatic rings. The van der Waals surface area contributed by atoms with Crippen LogP contribution < -0.4 is 26.3 Å². The quantitative estimate of drug-likeness (QED) is 0.471. The number of carbonyl (C=O) groups is 2. The lowest BCUT2D eigenvalue weighted by Gasteiger charge is -2.14. The maximum absolute atomic E-state index is 11.8. The maximum atomic E-state index is 11.8.